The smallest absolute Gasteiger partial charge is 0.253 e. The summed E-state index contributed by atoms with van der Waals surface area (Å²) in [6, 6.07) is 0. The van der Waals surface area contributed by atoms with Crippen LogP contribution in [0.5, 0.6) is 0 Å². The van der Waals surface area contributed by atoms with Gasteiger partial charge in [-0.05, 0) is 51.4 Å². The zero-order valence-corrected chi connectivity index (χ0v) is 69.6. The highest BCUT2D eigenvalue weighted by Crippen LogP contribution is 2.11. The molecule has 0 aromatic carbocycles. The third-order valence-corrected chi connectivity index (χ3v) is 17.1. The normalized spacial score (nSPS) is 13.6. The fraction of sp³-hybridized carbons (Fsp3) is 0.667. The van der Waals surface area contributed by atoms with Crippen molar-refractivity contribution in [2.45, 2.75) is 160 Å². The van der Waals surface area contributed by atoms with Crippen molar-refractivity contribution in [2.24, 2.45) is 23.7 Å². The van der Waals surface area contributed by atoms with Crippen molar-refractivity contribution in [3.63, 3.8) is 0 Å². The molecule has 0 aromatic rings. The van der Waals surface area contributed by atoms with Gasteiger partial charge in [0.15, 0.2) is 0 Å². The van der Waals surface area contributed by atoms with Crippen molar-refractivity contribution >= 4 is 120 Å². The van der Waals surface area contributed by atoms with Gasteiger partial charge in [-0.2, -0.15) is 0 Å². The van der Waals surface area contributed by atoms with E-state index in [0.29, 0.717) is 52.4 Å². The quantitative estimate of drug-likeness (QED) is 0.0237. The Morgan fingerprint density at radius 2 is 0.411 bits per heavy atom. The zero-order valence-electron chi connectivity index (χ0n) is 69.6. The molecule has 8 N–H and O–H groups in total. The second-order valence-electron chi connectivity index (χ2n) is 27.5. The standard InChI is InChI=1S/4C20H31N3O7.4CH4/c4*1-16(14-24)4-2-3-8-21-18(26)15-30-13-12-29-11-9-22-17(25)7-10-23-19(27)5-6-20(23)28;;;;/h4*5-6,14,16H,2-4,7-13,15H2,1H3,(H,21,26)(H,22,25);4*1H4. The number of unbranched alkanes of at least 4 members (excludes halogenated alkanes) is 4. The van der Waals surface area contributed by atoms with E-state index >= 15 is 0 Å². The molecule has 40 heteroatoms. The number of nitrogens with one attached hydrogen (secondary N) is 8. The molecule has 4 heterocycles. The summed E-state index contributed by atoms with van der Waals surface area (Å²) in [6.45, 7) is 14.2. The van der Waals surface area contributed by atoms with Crippen molar-refractivity contribution in [3.8, 4) is 0 Å². The topological polar surface area (TPSA) is 524 Å². The van der Waals surface area contributed by atoms with Crippen molar-refractivity contribution in [2.75, 3.05) is 184 Å². The number of nitrogens with zero attached hydrogens (tertiary/aromatic N) is 4. The Balaban J connectivity index is -0.000000766. The summed E-state index contributed by atoms with van der Waals surface area (Å²) >= 11 is 0. The molecule has 704 valence electrons. The van der Waals surface area contributed by atoms with Crippen molar-refractivity contribution < 1.29 is 134 Å². The van der Waals surface area contributed by atoms with E-state index in [-0.39, 0.29) is 258 Å². The van der Waals surface area contributed by atoms with Crippen LogP contribution in [-0.2, 0) is 134 Å². The summed E-state index contributed by atoms with van der Waals surface area (Å²) in [5, 5.41) is 21.5. The van der Waals surface area contributed by atoms with Gasteiger partial charge in [-0.3, -0.25) is 96.3 Å². The van der Waals surface area contributed by atoms with Crippen LogP contribution in [0.3, 0.4) is 0 Å². The third-order valence-electron chi connectivity index (χ3n) is 17.1. The number of ether oxygens (including phenoxy) is 8. The highest BCUT2D eigenvalue weighted by atomic mass is 16.5. The number of aldehydes is 4. The van der Waals surface area contributed by atoms with Crippen LogP contribution >= 0.6 is 0 Å². The molecule has 4 aliphatic heterocycles. The fourth-order valence-corrected chi connectivity index (χ4v) is 10.2. The van der Waals surface area contributed by atoms with E-state index in [1.54, 1.807) is 0 Å². The molecular formula is C84H140N12O28. The lowest BCUT2D eigenvalue weighted by molar-refractivity contribution is -0.139. The predicted octanol–water partition coefficient (Wildman–Crippen LogP) is 0.834. The van der Waals surface area contributed by atoms with Gasteiger partial charge in [0.05, 0.1) is 79.3 Å². The lowest BCUT2D eigenvalue weighted by atomic mass is 10.1. The first-order valence-electron chi connectivity index (χ1n) is 40.5. The fourth-order valence-electron chi connectivity index (χ4n) is 10.2. The van der Waals surface area contributed by atoms with Gasteiger partial charge in [-0.25, -0.2) is 0 Å². The van der Waals surface area contributed by atoms with Crippen LogP contribution in [0.15, 0.2) is 48.6 Å². The summed E-state index contributed by atoms with van der Waals surface area (Å²) < 4.78 is 42.0. The Labute approximate surface area is 729 Å². The Bertz CT molecular complexity index is 2840. The second-order valence-corrected chi connectivity index (χ2v) is 27.5. The van der Waals surface area contributed by atoms with Crippen LogP contribution in [0.4, 0.5) is 0 Å². The van der Waals surface area contributed by atoms with E-state index < -0.39 is 47.3 Å². The van der Waals surface area contributed by atoms with Crippen molar-refractivity contribution in [1.29, 1.82) is 0 Å². The highest BCUT2D eigenvalue weighted by Gasteiger charge is 2.27. The average molecular weight is 1770 g/mol. The van der Waals surface area contributed by atoms with E-state index in [1.807, 2.05) is 27.7 Å². The van der Waals surface area contributed by atoms with E-state index in [4.69, 9.17) is 37.9 Å². The summed E-state index contributed by atoms with van der Waals surface area (Å²) in [5.41, 5.74) is 0. The molecule has 0 saturated heterocycles. The Kier molecular flexibility index (Phi) is 76.0. The third kappa shape index (κ3) is 64.4. The van der Waals surface area contributed by atoms with Crippen LogP contribution < -0.4 is 42.5 Å². The first-order valence-corrected chi connectivity index (χ1v) is 40.5. The molecule has 124 heavy (non-hydrogen) atoms. The minimum Gasteiger partial charge on any atom is -0.377 e. The monoisotopic (exact) mass is 1760 g/mol. The number of carbonyl (C=O) groups excluding carboxylic acids is 20. The molecule has 0 bridgehead atoms. The maximum absolute atomic E-state index is 11.7. The van der Waals surface area contributed by atoms with Crippen LogP contribution in [0.1, 0.15) is 160 Å². The van der Waals surface area contributed by atoms with E-state index in [2.05, 4.69) is 42.5 Å². The van der Waals surface area contributed by atoms with Gasteiger partial charge in [0.1, 0.15) is 51.6 Å². The van der Waals surface area contributed by atoms with Crippen LogP contribution in [0.2, 0.25) is 0 Å². The molecule has 4 aliphatic rings. The van der Waals surface area contributed by atoms with Crippen LogP contribution in [0.25, 0.3) is 0 Å². The largest absolute Gasteiger partial charge is 0.377 e. The minimum atomic E-state index is -0.408. The molecule has 16 amide bonds. The van der Waals surface area contributed by atoms with E-state index in [1.165, 1.54) is 48.6 Å². The molecule has 4 rings (SSSR count). The zero-order chi connectivity index (χ0) is 88.8. The number of hydrogen-bond donors (Lipinski definition) is 8. The molecule has 4 unspecified atom stereocenters. The number of amides is 16. The molecule has 40 nitrogen and oxygen atoms in total. The first kappa shape index (κ1) is 120. The van der Waals surface area contributed by atoms with Crippen molar-refractivity contribution in [3.05, 3.63) is 48.6 Å². The maximum Gasteiger partial charge on any atom is 0.253 e. The van der Waals surface area contributed by atoms with E-state index in [9.17, 15) is 95.9 Å². The first-order chi connectivity index (χ1) is 57.7. The lowest BCUT2D eigenvalue weighted by Gasteiger charge is -2.13. The number of imide groups is 4. The van der Waals surface area contributed by atoms with Gasteiger partial charge in [0.25, 0.3) is 47.3 Å². The Hall–Kier alpha value is -10.4. The molecule has 4 atom stereocenters. The summed E-state index contributed by atoms with van der Waals surface area (Å²) in [5.74, 6) is -4.95. The van der Waals surface area contributed by atoms with E-state index in [0.717, 1.165) is 122 Å². The maximum atomic E-state index is 11.7. The highest BCUT2D eigenvalue weighted by molar-refractivity contribution is 6.15. The number of rotatable bonds is 68. The minimum absolute atomic E-state index is 0. The average Bonchev–Trinajstić information content (AvgIpc) is 1.76. The molecule has 0 fully saturated rings. The molecule has 0 aliphatic carbocycles. The van der Waals surface area contributed by atoms with Crippen molar-refractivity contribution in [1.82, 2.24) is 62.1 Å². The molecular weight excluding hydrogens is 1620 g/mol. The van der Waals surface area contributed by atoms with Gasteiger partial charge in [0, 0.05) is 177 Å². The SMILES string of the molecule is C.C.C.C.CC(C=O)CCCCNC(=O)COCCOCCNC(=O)CCN1C(=O)C=CC1=O.CC(C=O)CCCCNC(=O)COCCOCCNC(=O)CCN1C(=O)C=CC1=O.CC(C=O)CCCCNC(=O)COCCOCCNC(=O)CCN1C(=O)C=CC1=O.CC(C=O)CCCCNC(=O)COCCOCCNC(=O)CCN1C(=O)C=CC1=O. The summed E-state index contributed by atoms with van der Waals surface area (Å²) in [4.78, 5) is 230. The summed E-state index contributed by atoms with van der Waals surface area (Å²) in [7, 11) is 0. The predicted molar refractivity (Wildman–Crippen MR) is 456 cm³/mol. The molecule has 0 saturated carbocycles. The van der Waals surface area contributed by atoms with Gasteiger partial charge >= 0.3 is 0 Å². The van der Waals surface area contributed by atoms with Crippen LogP contribution in [-0.4, -0.2) is 324 Å². The Morgan fingerprint density at radius 1 is 0.250 bits per heavy atom. The molecule has 0 radical (unpaired) electrons. The van der Waals surface area contributed by atoms with Gasteiger partial charge in [-0.1, -0.05) is 83.1 Å². The van der Waals surface area contributed by atoms with Gasteiger partial charge in [0.2, 0.25) is 47.3 Å². The lowest BCUT2D eigenvalue weighted by Crippen LogP contribution is -2.35. The van der Waals surface area contributed by atoms with Gasteiger partial charge < -0.3 is 99.6 Å². The summed E-state index contributed by atoms with van der Waals surface area (Å²) in [6.07, 6.45) is 23.4. The molecule has 0 aromatic heterocycles. The second kappa shape index (κ2) is 78.6. The molecule has 0 spiro atoms. The van der Waals surface area contributed by atoms with Crippen LogP contribution in [0, 0.1) is 23.7 Å². The number of hydrogen-bond acceptors (Lipinski definition) is 28. The van der Waals surface area contributed by atoms with Gasteiger partial charge in [-0.15, -0.1) is 0 Å². The number of carbonyl (C=O) groups is 20. The Morgan fingerprint density at radius 3 is 0.581 bits per heavy atom.